The summed E-state index contributed by atoms with van der Waals surface area (Å²) in [5.41, 5.74) is 3.36. The lowest BCUT2D eigenvalue weighted by Crippen LogP contribution is -2.23. The molecule has 0 saturated heterocycles. The molecule has 1 heterocycles. The van der Waals surface area contributed by atoms with E-state index in [1.165, 1.54) is 0 Å². The molecule has 19 heavy (non-hydrogen) atoms. The van der Waals surface area contributed by atoms with Gasteiger partial charge >= 0.3 is 0 Å². The summed E-state index contributed by atoms with van der Waals surface area (Å²) in [4.78, 5) is 14.0. The van der Waals surface area contributed by atoms with E-state index in [1.54, 1.807) is 11.0 Å². The molecule has 2 aromatic rings. The minimum absolute atomic E-state index is 0.0448. The lowest BCUT2D eigenvalue weighted by Gasteiger charge is -2.16. The molecule has 0 aliphatic carbocycles. The smallest absolute Gasteiger partial charge is 0.254 e. The van der Waals surface area contributed by atoms with Gasteiger partial charge < -0.3 is 4.90 Å². The summed E-state index contributed by atoms with van der Waals surface area (Å²) in [6.45, 7) is 1.10. The second-order valence-corrected chi connectivity index (χ2v) is 4.59. The molecule has 2 aromatic carbocycles. The van der Waals surface area contributed by atoms with Crippen molar-refractivity contribution >= 4 is 5.91 Å². The van der Waals surface area contributed by atoms with Crippen molar-refractivity contribution in [1.82, 2.24) is 4.90 Å². The summed E-state index contributed by atoms with van der Waals surface area (Å²) in [7, 11) is 0. The van der Waals surface area contributed by atoms with Crippen LogP contribution >= 0.6 is 0 Å². The van der Waals surface area contributed by atoms with Crippen LogP contribution < -0.4 is 0 Å². The fourth-order valence-electron chi connectivity index (χ4n) is 2.42. The highest BCUT2D eigenvalue weighted by atomic mass is 16.2. The molecule has 0 spiro atoms. The van der Waals surface area contributed by atoms with E-state index >= 15 is 0 Å². The van der Waals surface area contributed by atoms with Gasteiger partial charge in [0.1, 0.15) is 0 Å². The number of amides is 1. The Morgan fingerprint density at radius 3 is 2.63 bits per heavy atom. The maximum Gasteiger partial charge on any atom is 0.254 e. The van der Waals surface area contributed by atoms with Crippen molar-refractivity contribution in [2.75, 3.05) is 0 Å². The third kappa shape index (κ3) is 1.98. The predicted octanol–water partition coefficient (Wildman–Crippen LogP) is 2.71. The molecule has 0 saturated carbocycles. The van der Waals surface area contributed by atoms with E-state index in [1.807, 2.05) is 42.5 Å². The normalized spacial score (nSPS) is 13.2. The van der Waals surface area contributed by atoms with E-state index in [4.69, 9.17) is 5.26 Å². The fraction of sp³-hybridized carbons (Fsp3) is 0.125. The first-order valence-electron chi connectivity index (χ1n) is 6.15. The van der Waals surface area contributed by atoms with Gasteiger partial charge in [-0.15, -0.1) is 0 Å². The lowest BCUT2D eigenvalue weighted by molar-refractivity contribution is 0.0766. The summed E-state index contributed by atoms with van der Waals surface area (Å²) >= 11 is 0. The SMILES string of the molecule is N#Cc1ccccc1CN1Cc2ccccc2C1=O. The van der Waals surface area contributed by atoms with Gasteiger partial charge in [-0.1, -0.05) is 36.4 Å². The highest BCUT2D eigenvalue weighted by Crippen LogP contribution is 2.24. The molecule has 0 bridgehead atoms. The Morgan fingerprint density at radius 2 is 1.84 bits per heavy atom. The lowest BCUT2D eigenvalue weighted by atomic mass is 10.1. The van der Waals surface area contributed by atoms with Gasteiger partial charge in [-0.2, -0.15) is 5.26 Å². The second kappa shape index (κ2) is 4.58. The van der Waals surface area contributed by atoms with Crippen LogP contribution in [-0.4, -0.2) is 10.8 Å². The molecule has 1 amide bonds. The molecule has 0 N–H and O–H groups in total. The zero-order valence-corrected chi connectivity index (χ0v) is 10.3. The van der Waals surface area contributed by atoms with Gasteiger partial charge in [-0.05, 0) is 23.3 Å². The molecular formula is C16H12N2O. The molecule has 1 aliphatic rings. The van der Waals surface area contributed by atoms with Crippen LogP contribution in [-0.2, 0) is 13.1 Å². The number of carbonyl (C=O) groups is 1. The molecule has 3 rings (SSSR count). The molecule has 92 valence electrons. The molecule has 3 nitrogen and oxygen atoms in total. The number of hydrogen-bond donors (Lipinski definition) is 0. The summed E-state index contributed by atoms with van der Waals surface area (Å²) in [5.74, 6) is 0.0448. The van der Waals surface area contributed by atoms with Crippen molar-refractivity contribution < 1.29 is 4.79 Å². The Bertz CT molecular complexity index is 685. The Kier molecular flexibility index (Phi) is 2.77. The molecule has 3 heteroatoms. The molecule has 0 aromatic heterocycles. The zero-order chi connectivity index (χ0) is 13.2. The van der Waals surface area contributed by atoms with E-state index < -0.39 is 0 Å². The van der Waals surface area contributed by atoms with Gasteiger partial charge in [0.25, 0.3) is 5.91 Å². The third-order valence-electron chi connectivity index (χ3n) is 3.40. The highest BCUT2D eigenvalue weighted by molar-refractivity contribution is 5.98. The fourth-order valence-corrected chi connectivity index (χ4v) is 2.42. The number of nitriles is 1. The molecule has 1 aliphatic heterocycles. The largest absolute Gasteiger partial charge is 0.330 e. The van der Waals surface area contributed by atoms with Gasteiger partial charge in [-0.25, -0.2) is 0 Å². The van der Waals surface area contributed by atoms with E-state index in [0.29, 0.717) is 18.7 Å². The molecule has 0 fully saturated rings. The minimum Gasteiger partial charge on any atom is -0.330 e. The average molecular weight is 248 g/mol. The average Bonchev–Trinajstić information content (AvgIpc) is 2.77. The van der Waals surface area contributed by atoms with E-state index in [2.05, 4.69) is 6.07 Å². The standard InChI is InChI=1S/C16H12N2O/c17-9-12-5-1-2-6-13(12)10-18-11-14-7-3-4-8-15(14)16(18)19/h1-8H,10-11H2. The number of fused-ring (bicyclic) bond motifs is 1. The summed E-state index contributed by atoms with van der Waals surface area (Å²) < 4.78 is 0. The molecular weight excluding hydrogens is 236 g/mol. The summed E-state index contributed by atoms with van der Waals surface area (Å²) in [5, 5.41) is 9.08. The maximum absolute atomic E-state index is 12.2. The van der Waals surface area contributed by atoms with Crippen LogP contribution in [0.3, 0.4) is 0 Å². The van der Waals surface area contributed by atoms with Crippen LogP contribution in [0.15, 0.2) is 48.5 Å². The number of benzene rings is 2. The van der Waals surface area contributed by atoms with Crippen LogP contribution in [0.1, 0.15) is 27.0 Å². The quantitative estimate of drug-likeness (QED) is 0.820. The number of hydrogen-bond acceptors (Lipinski definition) is 2. The summed E-state index contributed by atoms with van der Waals surface area (Å²) in [6.07, 6.45) is 0. The summed E-state index contributed by atoms with van der Waals surface area (Å²) in [6, 6.07) is 17.2. The topological polar surface area (TPSA) is 44.1 Å². The number of rotatable bonds is 2. The van der Waals surface area contributed by atoms with Gasteiger partial charge in [0.15, 0.2) is 0 Å². The van der Waals surface area contributed by atoms with Crippen molar-refractivity contribution in [1.29, 1.82) is 5.26 Å². The van der Waals surface area contributed by atoms with Gasteiger partial charge in [-0.3, -0.25) is 4.79 Å². The predicted molar refractivity (Wildman–Crippen MR) is 71.2 cm³/mol. The first kappa shape index (κ1) is 11.5. The first-order chi connectivity index (χ1) is 9.29. The molecule has 0 radical (unpaired) electrons. The van der Waals surface area contributed by atoms with Crippen LogP contribution in [0.5, 0.6) is 0 Å². The zero-order valence-electron chi connectivity index (χ0n) is 10.3. The maximum atomic E-state index is 12.2. The number of carbonyl (C=O) groups excluding carboxylic acids is 1. The minimum atomic E-state index is 0.0448. The van der Waals surface area contributed by atoms with Crippen molar-refractivity contribution in [3.63, 3.8) is 0 Å². The Morgan fingerprint density at radius 1 is 1.11 bits per heavy atom. The van der Waals surface area contributed by atoms with Crippen molar-refractivity contribution in [2.45, 2.75) is 13.1 Å². The number of nitrogens with zero attached hydrogens (tertiary/aromatic N) is 2. The Balaban J connectivity index is 1.88. The van der Waals surface area contributed by atoms with E-state index in [-0.39, 0.29) is 5.91 Å². The molecule has 0 unspecified atom stereocenters. The van der Waals surface area contributed by atoms with Gasteiger partial charge in [0, 0.05) is 18.7 Å². The first-order valence-corrected chi connectivity index (χ1v) is 6.15. The van der Waals surface area contributed by atoms with Crippen LogP contribution in [0, 0.1) is 11.3 Å². The monoisotopic (exact) mass is 248 g/mol. The van der Waals surface area contributed by atoms with Crippen molar-refractivity contribution in [3.05, 3.63) is 70.8 Å². The third-order valence-corrected chi connectivity index (χ3v) is 3.40. The van der Waals surface area contributed by atoms with Gasteiger partial charge in [0.05, 0.1) is 11.6 Å². The Labute approximate surface area is 111 Å². The van der Waals surface area contributed by atoms with Crippen LogP contribution in [0.2, 0.25) is 0 Å². The van der Waals surface area contributed by atoms with Crippen LogP contribution in [0.4, 0.5) is 0 Å². The van der Waals surface area contributed by atoms with Gasteiger partial charge in [0.2, 0.25) is 0 Å². The highest BCUT2D eigenvalue weighted by Gasteiger charge is 2.26. The van der Waals surface area contributed by atoms with Crippen molar-refractivity contribution in [2.24, 2.45) is 0 Å². The van der Waals surface area contributed by atoms with Crippen molar-refractivity contribution in [3.8, 4) is 6.07 Å². The Hall–Kier alpha value is -2.60. The molecule has 0 atom stereocenters. The van der Waals surface area contributed by atoms with E-state index in [9.17, 15) is 4.79 Å². The van der Waals surface area contributed by atoms with Crippen LogP contribution in [0.25, 0.3) is 0 Å². The van der Waals surface area contributed by atoms with E-state index in [0.717, 1.165) is 16.7 Å². The second-order valence-electron chi connectivity index (χ2n) is 4.59.